The summed E-state index contributed by atoms with van der Waals surface area (Å²) in [4.78, 5) is 30.7. The molecule has 1 unspecified atom stereocenters. The molecular weight excluding hydrogens is 502 g/mol. The number of nitro groups is 1. The summed E-state index contributed by atoms with van der Waals surface area (Å²) < 4.78 is 18.7. The van der Waals surface area contributed by atoms with Crippen LogP contribution in [0.2, 0.25) is 0 Å². The molecule has 1 aromatic heterocycles. The Kier molecular flexibility index (Phi) is 7.32. The Hall–Kier alpha value is -4.28. The third kappa shape index (κ3) is 6.42. The molecule has 2 aliphatic rings. The molecule has 3 heterocycles. The lowest BCUT2D eigenvalue weighted by Crippen LogP contribution is -2.39. The van der Waals surface area contributed by atoms with Crippen LogP contribution in [0.4, 0.5) is 16.3 Å². The fourth-order valence-electron chi connectivity index (χ4n) is 4.67. The largest absolute Gasteiger partial charge is 0.490 e. The van der Waals surface area contributed by atoms with E-state index in [-0.39, 0.29) is 24.0 Å². The molecule has 1 amide bonds. The Labute approximate surface area is 227 Å². The van der Waals surface area contributed by atoms with Gasteiger partial charge in [0.1, 0.15) is 24.2 Å². The Morgan fingerprint density at radius 1 is 1.05 bits per heavy atom. The van der Waals surface area contributed by atoms with Crippen LogP contribution in [0.5, 0.6) is 11.8 Å². The van der Waals surface area contributed by atoms with Gasteiger partial charge in [-0.2, -0.15) is 0 Å². The molecule has 2 aromatic carbocycles. The summed E-state index contributed by atoms with van der Waals surface area (Å²) in [6.07, 6.45) is 1.76. The minimum atomic E-state index is -0.536. The van der Waals surface area contributed by atoms with Crippen LogP contribution in [0.15, 0.2) is 54.7 Å². The monoisotopic (exact) mass is 535 g/mol. The van der Waals surface area contributed by atoms with Crippen LogP contribution in [0.25, 0.3) is 11.1 Å². The van der Waals surface area contributed by atoms with Gasteiger partial charge in [0.05, 0.1) is 6.54 Å². The summed E-state index contributed by atoms with van der Waals surface area (Å²) in [5.74, 6) is 0.498. The van der Waals surface area contributed by atoms with Crippen molar-refractivity contribution in [2.75, 3.05) is 37.7 Å². The zero-order valence-corrected chi connectivity index (χ0v) is 22.4. The number of ether oxygens (including phenoxy) is 3. The van der Waals surface area contributed by atoms with E-state index in [1.54, 1.807) is 9.47 Å². The average molecular weight is 536 g/mol. The van der Waals surface area contributed by atoms with Gasteiger partial charge in [-0.05, 0) is 67.5 Å². The van der Waals surface area contributed by atoms with Crippen LogP contribution >= 0.6 is 0 Å². The van der Waals surface area contributed by atoms with E-state index < -0.39 is 10.5 Å². The second kappa shape index (κ2) is 10.8. The maximum absolute atomic E-state index is 12.5. The number of anilines is 1. The predicted molar refractivity (Wildman–Crippen MR) is 145 cm³/mol. The van der Waals surface area contributed by atoms with Crippen molar-refractivity contribution in [2.45, 2.75) is 45.4 Å². The molecule has 11 heteroatoms. The highest BCUT2D eigenvalue weighted by atomic mass is 16.6. The van der Waals surface area contributed by atoms with Crippen molar-refractivity contribution in [1.82, 2.24) is 14.5 Å². The second-order valence-corrected chi connectivity index (χ2v) is 10.7. The zero-order chi connectivity index (χ0) is 27.6. The first-order valence-electron chi connectivity index (χ1n) is 13.1. The van der Waals surface area contributed by atoms with Gasteiger partial charge in [-0.3, -0.25) is 4.57 Å². The molecule has 0 bridgehead atoms. The maximum atomic E-state index is 12.5. The smallest absolute Gasteiger partial charge is 0.414 e. The van der Waals surface area contributed by atoms with Crippen LogP contribution in [0.3, 0.4) is 0 Å². The number of hydrogen-bond donors (Lipinski definition) is 0. The van der Waals surface area contributed by atoms with Gasteiger partial charge in [0, 0.05) is 36.9 Å². The molecule has 39 heavy (non-hydrogen) atoms. The summed E-state index contributed by atoms with van der Waals surface area (Å²) in [6, 6.07) is 16.6. The van der Waals surface area contributed by atoms with Gasteiger partial charge < -0.3 is 34.1 Å². The Morgan fingerprint density at radius 3 is 2.38 bits per heavy atom. The highest BCUT2D eigenvalue weighted by molar-refractivity contribution is 5.69. The van der Waals surface area contributed by atoms with Gasteiger partial charge in [0.25, 0.3) is 0 Å². The first-order chi connectivity index (χ1) is 18.6. The summed E-state index contributed by atoms with van der Waals surface area (Å²) in [5, 5.41) is 10.8. The molecule has 0 aliphatic carbocycles. The van der Waals surface area contributed by atoms with Crippen LogP contribution in [-0.2, 0) is 11.3 Å². The van der Waals surface area contributed by atoms with Gasteiger partial charge in [-0.25, -0.2) is 4.79 Å². The number of benzene rings is 2. The number of amides is 1. The van der Waals surface area contributed by atoms with E-state index in [0.717, 1.165) is 36.3 Å². The minimum Gasteiger partial charge on any atom is -0.490 e. The number of carbonyl (C=O) groups is 1. The van der Waals surface area contributed by atoms with Crippen molar-refractivity contribution >= 4 is 17.6 Å². The lowest BCUT2D eigenvalue weighted by Gasteiger charge is -2.27. The maximum Gasteiger partial charge on any atom is 0.414 e. The molecule has 1 saturated heterocycles. The van der Waals surface area contributed by atoms with E-state index in [1.165, 1.54) is 6.20 Å². The highest BCUT2D eigenvalue weighted by Crippen LogP contribution is 2.28. The summed E-state index contributed by atoms with van der Waals surface area (Å²) in [6.45, 7) is 9.39. The Bertz CT molecular complexity index is 1290. The van der Waals surface area contributed by atoms with Crippen molar-refractivity contribution in [3.8, 4) is 22.9 Å². The lowest BCUT2D eigenvalue weighted by atomic mass is 10.0. The molecule has 1 fully saturated rings. The summed E-state index contributed by atoms with van der Waals surface area (Å²) in [5.41, 5.74) is 2.81. The van der Waals surface area contributed by atoms with Gasteiger partial charge in [0.15, 0.2) is 6.10 Å². The molecule has 11 nitrogen and oxygen atoms in total. The lowest BCUT2D eigenvalue weighted by molar-refractivity contribution is -0.389. The number of imidazole rings is 1. The third-order valence-electron chi connectivity index (χ3n) is 6.59. The number of rotatable bonds is 6. The fourth-order valence-corrected chi connectivity index (χ4v) is 4.67. The Balaban J connectivity index is 1.12. The van der Waals surface area contributed by atoms with Gasteiger partial charge in [-0.15, -0.1) is 0 Å². The Morgan fingerprint density at radius 2 is 1.74 bits per heavy atom. The molecule has 2 aliphatic heterocycles. The number of nitrogens with zero attached hydrogens (tertiary/aromatic N) is 5. The molecule has 206 valence electrons. The van der Waals surface area contributed by atoms with Gasteiger partial charge in [-0.1, -0.05) is 24.3 Å². The highest BCUT2D eigenvalue weighted by Gasteiger charge is 2.31. The number of carbonyl (C=O) groups excluding carboxylic acids is 1. The van der Waals surface area contributed by atoms with Crippen molar-refractivity contribution < 1.29 is 23.9 Å². The molecule has 3 aromatic rings. The van der Waals surface area contributed by atoms with Crippen molar-refractivity contribution in [2.24, 2.45) is 0 Å². The van der Waals surface area contributed by atoms with Gasteiger partial charge >= 0.3 is 17.9 Å². The predicted octanol–water partition coefficient (Wildman–Crippen LogP) is 4.75. The fraction of sp³-hybridized carbons (Fsp3) is 0.429. The van der Waals surface area contributed by atoms with E-state index in [0.29, 0.717) is 32.0 Å². The van der Waals surface area contributed by atoms with Crippen LogP contribution in [0, 0.1) is 10.1 Å². The number of aromatic nitrogens is 2. The molecule has 0 spiro atoms. The molecule has 0 saturated carbocycles. The molecule has 5 rings (SSSR count). The summed E-state index contributed by atoms with van der Waals surface area (Å²) in [7, 11) is 0. The van der Waals surface area contributed by atoms with Crippen molar-refractivity contribution in [3.05, 3.63) is 64.8 Å². The summed E-state index contributed by atoms with van der Waals surface area (Å²) >= 11 is 0. The topological polar surface area (TPSA) is 112 Å². The zero-order valence-electron chi connectivity index (χ0n) is 22.4. The van der Waals surface area contributed by atoms with Gasteiger partial charge in [0.2, 0.25) is 0 Å². The molecule has 1 atom stereocenters. The van der Waals surface area contributed by atoms with Crippen molar-refractivity contribution in [3.63, 3.8) is 0 Å². The molecular formula is C28H33N5O6. The van der Waals surface area contributed by atoms with E-state index in [4.69, 9.17) is 14.2 Å². The third-order valence-corrected chi connectivity index (χ3v) is 6.59. The van der Waals surface area contributed by atoms with E-state index >= 15 is 0 Å². The van der Waals surface area contributed by atoms with E-state index in [1.807, 2.05) is 45.0 Å². The standard InChI is InChI=1S/C28H33N5O6/c1-28(2,3)39-27(34)31-14-4-13-30(15-16-31)22-9-5-20(6-10-22)21-7-11-23(12-8-21)37-19-24-17-32-18-25(33(35)36)29-26(32)38-24/h5-12,18,24H,4,13-17,19H2,1-3H3. The van der Waals surface area contributed by atoms with Crippen LogP contribution in [0.1, 0.15) is 27.2 Å². The first-order valence-corrected chi connectivity index (χ1v) is 13.1. The van der Waals surface area contributed by atoms with Crippen LogP contribution in [-0.4, -0.2) is 70.0 Å². The minimum absolute atomic E-state index is 0.218. The second-order valence-electron chi connectivity index (χ2n) is 10.7. The normalized spacial score (nSPS) is 17.3. The SMILES string of the molecule is CC(C)(C)OC(=O)N1CCCN(c2ccc(-c3ccc(OCC4Cn5cc([N+](=O)[O-])nc5O4)cc3)cc2)CC1. The van der Waals surface area contributed by atoms with E-state index in [2.05, 4.69) is 34.1 Å². The number of hydrogen-bond acceptors (Lipinski definition) is 8. The average Bonchev–Trinajstić information content (AvgIpc) is 3.37. The molecule has 0 radical (unpaired) electrons. The number of fused-ring (bicyclic) bond motifs is 1. The molecule has 0 N–H and O–H groups in total. The first kappa shape index (κ1) is 26.3. The van der Waals surface area contributed by atoms with Crippen molar-refractivity contribution in [1.29, 1.82) is 0 Å². The van der Waals surface area contributed by atoms with E-state index in [9.17, 15) is 14.9 Å². The van der Waals surface area contributed by atoms with Crippen LogP contribution < -0.4 is 14.4 Å². The quantitative estimate of drug-likeness (QED) is 0.329.